The van der Waals surface area contributed by atoms with E-state index in [2.05, 4.69) is 19.1 Å². The first-order valence-electron chi connectivity index (χ1n) is 10.2. The van der Waals surface area contributed by atoms with Crippen molar-refractivity contribution in [1.82, 2.24) is 0 Å². The van der Waals surface area contributed by atoms with Gasteiger partial charge in [-0.3, -0.25) is 4.39 Å². The highest BCUT2D eigenvalue weighted by atomic mass is 19.1. The molecule has 0 radical (unpaired) electrons. The molecule has 0 saturated heterocycles. The lowest BCUT2D eigenvalue weighted by molar-refractivity contribution is 0.0239. The van der Waals surface area contributed by atoms with Gasteiger partial charge in [0.05, 0.1) is 12.8 Å². The van der Waals surface area contributed by atoms with Crippen LogP contribution in [0.3, 0.4) is 0 Å². The fourth-order valence-electron chi connectivity index (χ4n) is 4.45. The van der Waals surface area contributed by atoms with Crippen molar-refractivity contribution in [2.24, 2.45) is 17.8 Å². The first-order chi connectivity index (χ1) is 11.3. The monoisotopic (exact) mass is 324 g/mol. The fourth-order valence-corrected chi connectivity index (χ4v) is 4.45. The molecule has 0 aliphatic heterocycles. The molecule has 0 unspecified atom stereocenters. The maximum atomic E-state index is 12.1. The van der Waals surface area contributed by atoms with E-state index in [1.54, 1.807) is 0 Å². The zero-order valence-corrected chi connectivity index (χ0v) is 15.1. The quantitative estimate of drug-likeness (QED) is 0.348. The summed E-state index contributed by atoms with van der Waals surface area (Å²) in [7, 11) is 0. The second-order valence-electron chi connectivity index (χ2n) is 7.72. The SMILES string of the molecule is CCO[C@H]1CC[C@H](CC[C@H]2CC[C@H](C=CCCCF)CC2)CC1. The normalized spacial score (nSPS) is 32.4. The Labute approximate surface area is 143 Å². The molecule has 0 heterocycles. The van der Waals surface area contributed by atoms with Gasteiger partial charge in [-0.15, -0.1) is 0 Å². The van der Waals surface area contributed by atoms with Gasteiger partial charge in [0.25, 0.3) is 0 Å². The lowest BCUT2D eigenvalue weighted by atomic mass is 9.77. The molecule has 2 saturated carbocycles. The predicted octanol–water partition coefficient (Wildman–Crippen LogP) is 6.47. The van der Waals surface area contributed by atoms with E-state index in [1.807, 2.05) is 0 Å². The van der Waals surface area contributed by atoms with Crippen LogP contribution in [-0.2, 0) is 4.74 Å². The molecule has 0 spiro atoms. The van der Waals surface area contributed by atoms with E-state index in [1.165, 1.54) is 64.2 Å². The van der Waals surface area contributed by atoms with Gasteiger partial charge in [0.1, 0.15) is 0 Å². The molecular weight excluding hydrogens is 287 g/mol. The van der Waals surface area contributed by atoms with E-state index in [4.69, 9.17) is 4.74 Å². The number of rotatable bonds is 9. The molecule has 2 rings (SSSR count). The maximum absolute atomic E-state index is 12.1. The van der Waals surface area contributed by atoms with Crippen molar-refractivity contribution in [2.45, 2.75) is 90.1 Å². The predicted molar refractivity (Wildman–Crippen MR) is 96.4 cm³/mol. The van der Waals surface area contributed by atoms with Crippen molar-refractivity contribution < 1.29 is 9.13 Å². The van der Waals surface area contributed by atoms with Crippen LogP contribution in [0.25, 0.3) is 0 Å². The number of allylic oxidation sites excluding steroid dienone is 2. The van der Waals surface area contributed by atoms with Gasteiger partial charge in [0.2, 0.25) is 0 Å². The molecule has 0 bridgehead atoms. The van der Waals surface area contributed by atoms with Gasteiger partial charge in [0, 0.05) is 6.61 Å². The maximum Gasteiger partial charge on any atom is 0.0897 e. The first kappa shape index (κ1) is 19.0. The summed E-state index contributed by atoms with van der Waals surface area (Å²) >= 11 is 0. The second kappa shape index (κ2) is 11.2. The molecule has 0 atom stereocenters. The summed E-state index contributed by atoms with van der Waals surface area (Å²) in [6.07, 6.45) is 20.5. The average molecular weight is 325 g/mol. The molecule has 0 amide bonds. The number of hydrogen-bond donors (Lipinski definition) is 0. The van der Waals surface area contributed by atoms with E-state index < -0.39 is 0 Å². The standard InChI is InChI=1S/C21H37FO/c1-2-23-21-15-13-20(14-16-21)12-11-19-9-7-18(8-10-19)6-4-3-5-17-22/h4,6,18-21H,2-3,5,7-17H2,1H3/t18-,19-,20-,21-. The van der Waals surface area contributed by atoms with Crippen LogP contribution in [0, 0.1) is 17.8 Å². The minimum Gasteiger partial charge on any atom is -0.379 e. The Morgan fingerprint density at radius 1 is 0.913 bits per heavy atom. The van der Waals surface area contributed by atoms with Gasteiger partial charge >= 0.3 is 0 Å². The van der Waals surface area contributed by atoms with Crippen LogP contribution in [0.15, 0.2) is 12.2 Å². The highest BCUT2D eigenvalue weighted by Gasteiger charge is 2.24. The van der Waals surface area contributed by atoms with E-state index in [0.717, 1.165) is 30.8 Å². The average Bonchev–Trinajstić information content (AvgIpc) is 2.59. The third kappa shape index (κ3) is 7.37. The summed E-state index contributed by atoms with van der Waals surface area (Å²) in [6.45, 7) is 2.81. The Bertz CT molecular complexity index is 312. The fraction of sp³-hybridized carbons (Fsp3) is 0.905. The van der Waals surface area contributed by atoms with Crippen molar-refractivity contribution in [2.75, 3.05) is 13.3 Å². The lowest BCUT2D eigenvalue weighted by Crippen LogP contribution is -2.22. The number of hydrogen-bond acceptors (Lipinski definition) is 1. The highest BCUT2D eigenvalue weighted by molar-refractivity contribution is 4.91. The lowest BCUT2D eigenvalue weighted by Gasteiger charge is -2.31. The summed E-state index contributed by atoms with van der Waals surface area (Å²) in [5.74, 6) is 2.70. The van der Waals surface area contributed by atoms with E-state index in [9.17, 15) is 4.39 Å². The van der Waals surface area contributed by atoms with E-state index >= 15 is 0 Å². The summed E-state index contributed by atoms with van der Waals surface area (Å²) in [5.41, 5.74) is 0. The Hall–Kier alpha value is -0.370. The summed E-state index contributed by atoms with van der Waals surface area (Å²) in [4.78, 5) is 0. The number of halogens is 1. The molecule has 0 aromatic heterocycles. The molecule has 2 aliphatic rings. The van der Waals surface area contributed by atoms with Crippen molar-refractivity contribution in [3.63, 3.8) is 0 Å². The third-order valence-electron chi connectivity index (χ3n) is 5.98. The van der Waals surface area contributed by atoms with Crippen molar-refractivity contribution in [1.29, 1.82) is 0 Å². The molecule has 0 N–H and O–H groups in total. The third-order valence-corrected chi connectivity index (χ3v) is 5.98. The highest BCUT2D eigenvalue weighted by Crippen LogP contribution is 2.36. The van der Waals surface area contributed by atoms with Gasteiger partial charge in [-0.2, -0.15) is 0 Å². The molecule has 0 aromatic carbocycles. The zero-order valence-electron chi connectivity index (χ0n) is 15.1. The molecular formula is C21H37FO. The molecule has 1 nitrogen and oxygen atoms in total. The van der Waals surface area contributed by atoms with Crippen LogP contribution in [0.1, 0.15) is 84.0 Å². The van der Waals surface area contributed by atoms with Crippen LogP contribution < -0.4 is 0 Å². The van der Waals surface area contributed by atoms with Gasteiger partial charge in [-0.25, -0.2) is 0 Å². The molecule has 2 aliphatic carbocycles. The zero-order chi connectivity index (χ0) is 16.3. The van der Waals surface area contributed by atoms with Gasteiger partial charge in [0.15, 0.2) is 0 Å². The minimum atomic E-state index is -0.177. The van der Waals surface area contributed by atoms with Crippen LogP contribution in [-0.4, -0.2) is 19.4 Å². The Morgan fingerprint density at radius 3 is 2.09 bits per heavy atom. The molecule has 2 fully saturated rings. The summed E-state index contributed by atoms with van der Waals surface area (Å²) in [6, 6.07) is 0. The minimum absolute atomic E-state index is 0.177. The number of alkyl halides is 1. The summed E-state index contributed by atoms with van der Waals surface area (Å²) in [5, 5.41) is 0. The largest absolute Gasteiger partial charge is 0.379 e. The Balaban J connectivity index is 1.54. The second-order valence-corrected chi connectivity index (χ2v) is 7.72. The van der Waals surface area contributed by atoms with Crippen molar-refractivity contribution in [3.05, 3.63) is 12.2 Å². The van der Waals surface area contributed by atoms with E-state index in [-0.39, 0.29) is 6.67 Å². The Kier molecular flexibility index (Phi) is 9.26. The van der Waals surface area contributed by atoms with E-state index in [0.29, 0.717) is 12.5 Å². The number of unbranched alkanes of at least 4 members (excludes halogenated alkanes) is 1. The first-order valence-corrected chi connectivity index (χ1v) is 10.2. The van der Waals surface area contributed by atoms with Crippen molar-refractivity contribution in [3.8, 4) is 0 Å². The van der Waals surface area contributed by atoms with Crippen LogP contribution in [0.4, 0.5) is 4.39 Å². The molecule has 134 valence electrons. The van der Waals surface area contributed by atoms with Gasteiger partial charge < -0.3 is 4.74 Å². The molecule has 23 heavy (non-hydrogen) atoms. The Morgan fingerprint density at radius 2 is 1.52 bits per heavy atom. The van der Waals surface area contributed by atoms with Crippen LogP contribution >= 0.6 is 0 Å². The summed E-state index contributed by atoms with van der Waals surface area (Å²) < 4.78 is 17.8. The molecule has 0 aromatic rings. The van der Waals surface area contributed by atoms with Gasteiger partial charge in [-0.05, 0) is 88.9 Å². The van der Waals surface area contributed by atoms with Crippen LogP contribution in [0.2, 0.25) is 0 Å². The molecule has 2 heteroatoms. The topological polar surface area (TPSA) is 9.23 Å². The van der Waals surface area contributed by atoms with Gasteiger partial charge in [-0.1, -0.05) is 25.0 Å². The number of ether oxygens (including phenoxy) is 1. The van der Waals surface area contributed by atoms with Crippen LogP contribution in [0.5, 0.6) is 0 Å². The smallest absolute Gasteiger partial charge is 0.0897 e. The van der Waals surface area contributed by atoms with Crippen molar-refractivity contribution >= 4 is 0 Å².